The molecule has 0 unspecified atom stereocenters. The first-order valence-corrected chi connectivity index (χ1v) is 5.91. The van der Waals surface area contributed by atoms with Crippen molar-refractivity contribution < 1.29 is 13.6 Å². The van der Waals surface area contributed by atoms with Crippen LogP contribution in [-0.2, 0) is 4.79 Å². The van der Waals surface area contributed by atoms with Crippen molar-refractivity contribution in [3.63, 3.8) is 0 Å². The largest absolute Gasteiger partial charge is 0.355 e. The average Bonchev–Trinajstić information content (AvgIpc) is 2.24. The number of amides is 1. The van der Waals surface area contributed by atoms with Crippen LogP contribution in [0, 0.1) is 5.92 Å². The molecule has 1 saturated carbocycles. The smallest absolute Gasteiger partial charge is 0.248 e. The second-order valence-corrected chi connectivity index (χ2v) is 4.27. The van der Waals surface area contributed by atoms with Crippen LogP contribution < -0.4 is 10.6 Å². The lowest BCUT2D eigenvalue weighted by molar-refractivity contribution is -0.129. The highest BCUT2D eigenvalue weighted by Gasteiger charge is 2.37. The second-order valence-electron chi connectivity index (χ2n) is 4.27. The zero-order valence-corrected chi connectivity index (χ0v) is 9.69. The zero-order chi connectivity index (χ0) is 12.0. The highest BCUT2D eigenvalue weighted by Crippen LogP contribution is 2.35. The van der Waals surface area contributed by atoms with E-state index in [1.54, 1.807) is 0 Å². The molecule has 0 spiro atoms. The summed E-state index contributed by atoms with van der Waals surface area (Å²) < 4.78 is 25.7. The molecule has 0 saturated heterocycles. The Morgan fingerprint density at radius 1 is 1.31 bits per heavy atom. The Balaban J connectivity index is 2.18. The molecule has 1 aliphatic rings. The van der Waals surface area contributed by atoms with Gasteiger partial charge in [0.2, 0.25) is 11.8 Å². The maximum absolute atomic E-state index is 12.9. The third kappa shape index (κ3) is 4.43. The maximum atomic E-state index is 12.9. The third-order valence-electron chi connectivity index (χ3n) is 2.94. The predicted octanol–water partition coefficient (Wildman–Crippen LogP) is 1.54. The van der Waals surface area contributed by atoms with Gasteiger partial charge in [-0.15, -0.1) is 0 Å². The Labute approximate surface area is 95.0 Å². The number of alkyl halides is 2. The van der Waals surface area contributed by atoms with E-state index in [9.17, 15) is 13.6 Å². The number of halogens is 2. The van der Waals surface area contributed by atoms with E-state index in [2.05, 4.69) is 10.6 Å². The average molecular weight is 234 g/mol. The summed E-state index contributed by atoms with van der Waals surface area (Å²) in [4.78, 5) is 11.6. The normalized spacial score (nSPS) is 20.7. The lowest BCUT2D eigenvalue weighted by atomic mass is 9.86. The first-order valence-electron chi connectivity index (χ1n) is 5.91. The number of carbonyl (C=O) groups excluding carboxylic acids is 1. The van der Waals surface area contributed by atoms with Crippen molar-refractivity contribution in [3.05, 3.63) is 0 Å². The van der Waals surface area contributed by atoms with Crippen LogP contribution >= 0.6 is 0 Å². The van der Waals surface area contributed by atoms with Gasteiger partial charge in [-0.2, -0.15) is 0 Å². The Morgan fingerprint density at radius 3 is 2.50 bits per heavy atom. The summed E-state index contributed by atoms with van der Waals surface area (Å²) in [5.74, 6) is -2.85. The first kappa shape index (κ1) is 13.4. The van der Waals surface area contributed by atoms with Crippen LogP contribution in [-0.4, -0.2) is 31.5 Å². The summed E-state index contributed by atoms with van der Waals surface area (Å²) in [7, 11) is 0. The van der Waals surface area contributed by atoms with Crippen LogP contribution in [0.5, 0.6) is 0 Å². The van der Waals surface area contributed by atoms with Crippen LogP contribution in [0.3, 0.4) is 0 Å². The zero-order valence-electron chi connectivity index (χ0n) is 9.69. The van der Waals surface area contributed by atoms with E-state index in [1.165, 1.54) is 0 Å². The van der Waals surface area contributed by atoms with Gasteiger partial charge >= 0.3 is 0 Å². The third-order valence-corrected chi connectivity index (χ3v) is 2.94. The lowest BCUT2D eigenvalue weighted by Gasteiger charge is -2.27. The molecule has 1 aliphatic carbocycles. The molecule has 0 atom stereocenters. The molecule has 94 valence electrons. The van der Waals surface area contributed by atoms with E-state index in [0.717, 1.165) is 13.1 Å². The van der Waals surface area contributed by atoms with Gasteiger partial charge in [0, 0.05) is 31.8 Å². The molecule has 1 fully saturated rings. The molecular formula is C11H20F2N2O. The van der Waals surface area contributed by atoms with Crippen LogP contribution in [0.2, 0.25) is 0 Å². The molecule has 5 heteroatoms. The highest BCUT2D eigenvalue weighted by atomic mass is 19.3. The Kier molecular flexibility index (Phi) is 5.12. The molecule has 0 bridgehead atoms. The number of nitrogens with one attached hydrogen (secondary N) is 2. The van der Waals surface area contributed by atoms with Crippen molar-refractivity contribution in [2.24, 2.45) is 5.92 Å². The van der Waals surface area contributed by atoms with Crippen molar-refractivity contribution in [1.29, 1.82) is 0 Å². The monoisotopic (exact) mass is 234 g/mol. The van der Waals surface area contributed by atoms with Gasteiger partial charge < -0.3 is 10.6 Å². The highest BCUT2D eigenvalue weighted by molar-refractivity contribution is 5.78. The first-order chi connectivity index (χ1) is 7.55. The fraction of sp³-hybridized carbons (Fsp3) is 0.909. The van der Waals surface area contributed by atoms with E-state index in [4.69, 9.17) is 0 Å². The minimum absolute atomic E-state index is 0.0756. The minimum Gasteiger partial charge on any atom is -0.355 e. The van der Waals surface area contributed by atoms with Gasteiger partial charge in [0.1, 0.15) is 0 Å². The molecule has 1 rings (SSSR count). The molecule has 3 nitrogen and oxygen atoms in total. The van der Waals surface area contributed by atoms with Gasteiger partial charge in [0.25, 0.3) is 0 Å². The van der Waals surface area contributed by atoms with Crippen LogP contribution in [0.4, 0.5) is 8.78 Å². The Bertz CT molecular complexity index is 224. The van der Waals surface area contributed by atoms with E-state index in [0.29, 0.717) is 19.4 Å². The number of likely N-dealkylation sites (N-methyl/N-ethyl adjacent to an activating group) is 1. The van der Waals surface area contributed by atoms with Crippen LogP contribution in [0.25, 0.3) is 0 Å². The number of hydrogen-bond donors (Lipinski definition) is 2. The number of carbonyl (C=O) groups is 1. The predicted molar refractivity (Wildman–Crippen MR) is 58.5 cm³/mol. The minimum atomic E-state index is -2.56. The molecule has 1 amide bonds. The standard InChI is InChI=1S/C11H20F2N2O/c1-2-14-7-8-15-10(16)9-3-5-11(12,13)6-4-9/h9,14H,2-8H2,1H3,(H,15,16). The van der Waals surface area contributed by atoms with Gasteiger partial charge in [-0.25, -0.2) is 8.78 Å². The maximum Gasteiger partial charge on any atom is 0.248 e. The summed E-state index contributed by atoms with van der Waals surface area (Å²) in [6, 6.07) is 0. The number of rotatable bonds is 5. The summed E-state index contributed by atoms with van der Waals surface area (Å²) in [6.45, 7) is 4.15. The SMILES string of the molecule is CCNCCNC(=O)C1CCC(F)(F)CC1. The van der Waals surface area contributed by atoms with Crippen molar-refractivity contribution in [3.8, 4) is 0 Å². The van der Waals surface area contributed by atoms with Gasteiger partial charge in [-0.1, -0.05) is 6.92 Å². The summed E-state index contributed by atoms with van der Waals surface area (Å²) in [6.07, 6.45) is 0.302. The Morgan fingerprint density at radius 2 is 1.94 bits per heavy atom. The molecule has 16 heavy (non-hydrogen) atoms. The fourth-order valence-electron chi connectivity index (χ4n) is 1.90. The van der Waals surface area contributed by atoms with Crippen molar-refractivity contribution >= 4 is 5.91 Å². The van der Waals surface area contributed by atoms with Gasteiger partial charge in [-0.3, -0.25) is 4.79 Å². The summed E-state index contributed by atoms with van der Waals surface area (Å²) in [5, 5.41) is 5.85. The molecule has 0 aromatic carbocycles. The van der Waals surface area contributed by atoms with Crippen LogP contribution in [0.15, 0.2) is 0 Å². The molecule has 0 aromatic heterocycles. The van der Waals surface area contributed by atoms with Gasteiger partial charge in [0.15, 0.2) is 0 Å². The molecule has 0 heterocycles. The van der Waals surface area contributed by atoms with Crippen molar-refractivity contribution in [2.75, 3.05) is 19.6 Å². The van der Waals surface area contributed by atoms with E-state index in [-0.39, 0.29) is 24.7 Å². The van der Waals surface area contributed by atoms with Gasteiger partial charge in [0.05, 0.1) is 0 Å². The summed E-state index contributed by atoms with van der Waals surface area (Å²) in [5.41, 5.74) is 0. The van der Waals surface area contributed by atoms with Crippen LogP contribution in [0.1, 0.15) is 32.6 Å². The molecular weight excluding hydrogens is 214 g/mol. The summed E-state index contributed by atoms with van der Waals surface area (Å²) >= 11 is 0. The van der Waals surface area contributed by atoms with E-state index < -0.39 is 5.92 Å². The quantitative estimate of drug-likeness (QED) is 0.708. The van der Waals surface area contributed by atoms with Crippen molar-refractivity contribution in [1.82, 2.24) is 10.6 Å². The topological polar surface area (TPSA) is 41.1 Å². The molecule has 0 radical (unpaired) electrons. The lowest BCUT2D eigenvalue weighted by Crippen LogP contribution is -2.38. The number of hydrogen-bond acceptors (Lipinski definition) is 2. The van der Waals surface area contributed by atoms with E-state index >= 15 is 0 Å². The molecule has 0 aliphatic heterocycles. The van der Waals surface area contributed by atoms with Gasteiger partial charge in [-0.05, 0) is 19.4 Å². The van der Waals surface area contributed by atoms with E-state index in [1.807, 2.05) is 6.92 Å². The Hall–Kier alpha value is -0.710. The van der Waals surface area contributed by atoms with Crippen molar-refractivity contribution in [2.45, 2.75) is 38.5 Å². The molecule has 0 aromatic rings. The molecule has 2 N–H and O–H groups in total. The second kappa shape index (κ2) is 6.13. The fourth-order valence-corrected chi connectivity index (χ4v) is 1.90.